The summed E-state index contributed by atoms with van der Waals surface area (Å²) in [7, 11) is 10.9. The lowest BCUT2D eigenvalue weighted by atomic mass is 10.9. The highest BCUT2D eigenvalue weighted by atomic mass is 32.2. The third-order valence-corrected chi connectivity index (χ3v) is 6.17. The zero-order valence-electron chi connectivity index (χ0n) is 21.5. The van der Waals surface area contributed by atoms with Crippen molar-refractivity contribution in [3.8, 4) is 0 Å². The SMILES string of the molecule is CNC(=S)OC.CNS(=O)(=O)OC.CNS(=O)OC.COC(=S)N(C)C.COS(=O)(=O)N(C)C. The van der Waals surface area contributed by atoms with Crippen molar-refractivity contribution in [3.05, 3.63) is 0 Å². The molecule has 0 heterocycles. The quantitative estimate of drug-likeness (QED) is 0.304. The third kappa shape index (κ3) is 35.8. The summed E-state index contributed by atoms with van der Waals surface area (Å²) in [5, 5.41) is 3.56. The number of nitrogens with one attached hydrogen (secondary N) is 3. The van der Waals surface area contributed by atoms with Crippen molar-refractivity contribution in [2.45, 2.75) is 0 Å². The Hall–Kier alpha value is -0.810. The molecule has 0 saturated heterocycles. The van der Waals surface area contributed by atoms with Crippen LogP contribution in [0.2, 0.25) is 0 Å². The minimum absolute atomic E-state index is 0.426. The van der Waals surface area contributed by atoms with Crippen LogP contribution in [0.15, 0.2) is 0 Å². The summed E-state index contributed by atoms with van der Waals surface area (Å²) in [6.07, 6.45) is 0. The Morgan fingerprint density at radius 2 is 1.26 bits per heavy atom. The van der Waals surface area contributed by atoms with Crippen LogP contribution in [-0.4, -0.2) is 125 Å². The molecule has 0 saturated carbocycles. The molecule has 3 N–H and O–H groups in total. The van der Waals surface area contributed by atoms with E-state index < -0.39 is 31.9 Å². The highest BCUT2D eigenvalue weighted by Crippen LogP contribution is 1.91. The summed E-state index contributed by atoms with van der Waals surface area (Å²) in [6, 6.07) is 0. The average molecular weight is 598 g/mol. The molecule has 210 valence electrons. The Morgan fingerprint density at radius 1 is 0.824 bits per heavy atom. The van der Waals surface area contributed by atoms with Crippen molar-refractivity contribution in [1.29, 1.82) is 0 Å². The van der Waals surface area contributed by atoms with Gasteiger partial charge in [0.2, 0.25) is 11.3 Å². The maximum absolute atomic E-state index is 10.4. The largest absolute Gasteiger partial charge is 0.474 e. The van der Waals surface area contributed by atoms with E-state index in [0.29, 0.717) is 10.3 Å². The lowest BCUT2D eigenvalue weighted by molar-refractivity contribution is 0.346. The minimum Gasteiger partial charge on any atom is -0.474 e. The molecule has 0 bridgehead atoms. The van der Waals surface area contributed by atoms with E-state index in [4.69, 9.17) is 0 Å². The first-order valence-corrected chi connectivity index (χ1v) is 13.2. The zero-order chi connectivity index (χ0) is 28.5. The second-order valence-corrected chi connectivity index (χ2v) is 10.4. The van der Waals surface area contributed by atoms with Crippen LogP contribution in [0.25, 0.3) is 0 Å². The second-order valence-electron chi connectivity index (χ2n) is 4.94. The minimum atomic E-state index is -3.41. The Bertz CT molecular complexity index is 696. The number of thiocarbonyl (C=S) groups is 2. The van der Waals surface area contributed by atoms with E-state index in [0.717, 1.165) is 18.5 Å². The molecule has 34 heavy (non-hydrogen) atoms. The van der Waals surface area contributed by atoms with Crippen LogP contribution in [0.1, 0.15) is 0 Å². The van der Waals surface area contributed by atoms with E-state index in [1.54, 1.807) is 26.1 Å². The van der Waals surface area contributed by atoms with Crippen LogP contribution in [0.5, 0.6) is 0 Å². The molecule has 0 aromatic carbocycles. The van der Waals surface area contributed by atoms with E-state index in [2.05, 4.69) is 56.5 Å². The first kappa shape index (κ1) is 43.3. The topological polar surface area (TPSA) is 174 Å². The van der Waals surface area contributed by atoms with E-state index in [-0.39, 0.29) is 0 Å². The van der Waals surface area contributed by atoms with Gasteiger partial charge < -0.3 is 19.7 Å². The Labute approximate surface area is 218 Å². The third-order valence-electron chi connectivity index (χ3n) is 2.37. The summed E-state index contributed by atoms with van der Waals surface area (Å²) in [6.45, 7) is 0. The van der Waals surface area contributed by atoms with Gasteiger partial charge in [0.1, 0.15) is 0 Å². The lowest BCUT2D eigenvalue weighted by Crippen LogP contribution is -2.22. The van der Waals surface area contributed by atoms with Crippen molar-refractivity contribution in [1.82, 2.24) is 24.0 Å². The van der Waals surface area contributed by atoms with Crippen LogP contribution in [0, 0.1) is 0 Å². The van der Waals surface area contributed by atoms with Gasteiger partial charge in [0.05, 0.1) is 35.5 Å². The maximum atomic E-state index is 10.4. The number of hydrogen-bond donors (Lipinski definition) is 3. The molecule has 0 aromatic rings. The summed E-state index contributed by atoms with van der Waals surface area (Å²) < 4.78 is 77.6. The molecule has 1 atom stereocenters. The highest BCUT2D eigenvalue weighted by molar-refractivity contribution is 7.84. The zero-order valence-corrected chi connectivity index (χ0v) is 25.6. The molecule has 0 rings (SSSR count). The first-order chi connectivity index (χ1) is 15.4. The van der Waals surface area contributed by atoms with Gasteiger partial charge in [0.15, 0.2) is 0 Å². The molecule has 15 nitrogen and oxygen atoms in total. The van der Waals surface area contributed by atoms with Crippen molar-refractivity contribution in [2.75, 3.05) is 84.9 Å². The molecule has 0 spiro atoms. The van der Waals surface area contributed by atoms with Gasteiger partial charge in [0, 0.05) is 42.3 Å². The molecule has 0 aliphatic heterocycles. The fourth-order valence-corrected chi connectivity index (χ4v) is 1.23. The lowest BCUT2D eigenvalue weighted by Gasteiger charge is -2.09. The molecule has 1 unspecified atom stereocenters. The van der Waals surface area contributed by atoms with Crippen LogP contribution in [0.3, 0.4) is 0 Å². The van der Waals surface area contributed by atoms with Gasteiger partial charge in [-0.15, -0.1) is 0 Å². The fourth-order valence-electron chi connectivity index (χ4n) is 0.600. The van der Waals surface area contributed by atoms with Crippen LogP contribution in [-0.2, 0) is 53.9 Å². The molecule has 0 amide bonds. The monoisotopic (exact) mass is 597 g/mol. The van der Waals surface area contributed by atoms with Gasteiger partial charge >= 0.3 is 20.6 Å². The van der Waals surface area contributed by atoms with Gasteiger partial charge in [0.25, 0.3) is 10.3 Å². The number of nitrogens with zero attached hydrogens (tertiary/aromatic N) is 2. The Morgan fingerprint density at radius 3 is 1.26 bits per heavy atom. The fraction of sp³-hybridized carbons (Fsp3) is 0.857. The number of methoxy groups -OCH3 is 2. The first-order valence-electron chi connectivity index (χ1n) is 8.54. The van der Waals surface area contributed by atoms with Crippen molar-refractivity contribution in [3.63, 3.8) is 0 Å². The number of hydrogen-bond acceptors (Lipinski definition) is 12. The van der Waals surface area contributed by atoms with Crippen molar-refractivity contribution in [2.24, 2.45) is 0 Å². The van der Waals surface area contributed by atoms with Gasteiger partial charge in [-0.05, 0) is 31.5 Å². The van der Waals surface area contributed by atoms with Crippen molar-refractivity contribution < 1.29 is 43.1 Å². The molecule has 0 aliphatic carbocycles. The number of rotatable bonds is 6. The van der Waals surface area contributed by atoms with Crippen LogP contribution < -0.4 is 14.8 Å². The predicted octanol–water partition coefficient (Wildman–Crippen LogP) is -1.42. The standard InChI is InChI=1S/C4H9NOS.C3H9NO3S.C3H7NOS.C2H7NO3S.C2H7NO2S/c1-5(2)4(7)6-3;1-4(2)8(5,6)7-3;1-4-3(6)5-2;1-3-7(4,5)6-2;1-3-6(4)5-2/h1-3H3;1-3H3;1-2H3,(H,4,6);3H,1-2H3;3H,1-2H3. The van der Waals surface area contributed by atoms with E-state index in [9.17, 15) is 21.0 Å². The maximum Gasteiger partial charge on any atom is 0.337 e. The summed E-state index contributed by atoms with van der Waals surface area (Å²) in [4.78, 5) is 1.73. The normalized spacial score (nSPS) is 10.7. The molecule has 0 aliphatic rings. The smallest absolute Gasteiger partial charge is 0.337 e. The van der Waals surface area contributed by atoms with Gasteiger partial charge in [-0.1, -0.05) is 0 Å². The molecular formula is C14H39N5O10S5. The summed E-state index contributed by atoms with van der Waals surface area (Å²) >= 11 is 7.92. The van der Waals surface area contributed by atoms with E-state index >= 15 is 0 Å². The molecule has 0 radical (unpaired) electrons. The Balaban J connectivity index is -0.000000104. The van der Waals surface area contributed by atoms with Crippen molar-refractivity contribution >= 4 is 66.7 Å². The molecule has 0 fully saturated rings. The Kier molecular flexibility index (Phi) is 34.1. The van der Waals surface area contributed by atoms with E-state index in [1.165, 1.54) is 35.4 Å². The molecular weight excluding hydrogens is 559 g/mol. The van der Waals surface area contributed by atoms with Gasteiger partial charge in [-0.2, -0.15) is 25.9 Å². The number of ether oxygens (including phenoxy) is 2. The second kappa shape index (κ2) is 26.8. The molecule has 20 heteroatoms. The highest BCUT2D eigenvalue weighted by Gasteiger charge is 2.09. The predicted molar refractivity (Wildman–Crippen MR) is 141 cm³/mol. The van der Waals surface area contributed by atoms with E-state index in [1.807, 2.05) is 18.8 Å². The van der Waals surface area contributed by atoms with Crippen LogP contribution >= 0.6 is 24.4 Å². The molecule has 0 aromatic heterocycles. The average Bonchev–Trinajstić information content (AvgIpc) is 2.83. The van der Waals surface area contributed by atoms with Gasteiger partial charge in [-0.25, -0.2) is 8.93 Å². The summed E-state index contributed by atoms with van der Waals surface area (Å²) in [5.41, 5.74) is 0. The van der Waals surface area contributed by atoms with Crippen LogP contribution in [0.4, 0.5) is 0 Å². The summed E-state index contributed by atoms with van der Waals surface area (Å²) in [5.74, 6) is 0. The van der Waals surface area contributed by atoms with Gasteiger partial charge in [-0.3, -0.25) is 12.5 Å².